The number of halogens is 1. The van der Waals surface area contributed by atoms with Gasteiger partial charge in [0, 0.05) is 10.6 Å². The van der Waals surface area contributed by atoms with Gasteiger partial charge in [-0.15, -0.1) is 0 Å². The molecule has 2 nitrogen and oxygen atoms in total. The quantitative estimate of drug-likeness (QED) is 0.749. The molecule has 0 aromatic heterocycles. The number of carbonyl (C=O) groups excluding carboxylic acids is 1. The van der Waals surface area contributed by atoms with Gasteiger partial charge in [0.15, 0.2) is 5.78 Å². The fourth-order valence-corrected chi connectivity index (χ4v) is 3.51. The average molecular weight is 295 g/mol. The molecular weight excluding hydrogens is 272 g/mol. The standard InChI is InChI=1S/C17H23ClO2/c1-12-7-15(10-17(2,3)9-12)20-11-16(19)13-5-4-6-14(18)8-13/h4-6,8,12,15H,7,9-11H2,1-3H3. The Kier molecular flexibility index (Phi) is 4.87. The van der Waals surface area contributed by atoms with Gasteiger partial charge in [-0.1, -0.05) is 44.5 Å². The van der Waals surface area contributed by atoms with E-state index in [0.29, 0.717) is 21.9 Å². The van der Waals surface area contributed by atoms with Crippen LogP contribution in [0.4, 0.5) is 0 Å². The van der Waals surface area contributed by atoms with Gasteiger partial charge in [-0.25, -0.2) is 0 Å². The zero-order valence-electron chi connectivity index (χ0n) is 12.5. The van der Waals surface area contributed by atoms with E-state index in [1.165, 1.54) is 6.42 Å². The van der Waals surface area contributed by atoms with Gasteiger partial charge in [-0.05, 0) is 42.7 Å². The van der Waals surface area contributed by atoms with E-state index in [9.17, 15) is 4.79 Å². The van der Waals surface area contributed by atoms with Gasteiger partial charge >= 0.3 is 0 Å². The fraction of sp³-hybridized carbons (Fsp3) is 0.588. The summed E-state index contributed by atoms with van der Waals surface area (Å²) in [5.41, 5.74) is 0.933. The number of hydrogen-bond acceptors (Lipinski definition) is 2. The van der Waals surface area contributed by atoms with E-state index >= 15 is 0 Å². The predicted molar refractivity (Wildman–Crippen MR) is 82.3 cm³/mol. The number of ketones is 1. The van der Waals surface area contributed by atoms with Crippen LogP contribution >= 0.6 is 11.6 Å². The summed E-state index contributed by atoms with van der Waals surface area (Å²) in [7, 11) is 0. The second kappa shape index (κ2) is 6.28. The maximum Gasteiger partial charge on any atom is 0.188 e. The number of Topliss-reactive ketones (excluding diaryl/α,β-unsaturated/α-hetero) is 1. The predicted octanol–water partition coefficient (Wildman–Crippen LogP) is 4.75. The van der Waals surface area contributed by atoms with Crippen LogP contribution in [0.5, 0.6) is 0 Å². The molecule has 3 heteroatoms. The fourth-order valence-electron chi connectivity index (χ4n) is 3.32. The number of carbonyl (C=O) groups is 1. The summed E-state index contributed by atoms with van der Waals surface area (Å²) < 4.78 is 5.85. The van der Waals surface area contributed by atoms with Gasteiger partial charge in [-0.3, -0.25) is 4.79 Å². The Morgan fingerprint density at radius 3 is 2.80 bits per heavy atom. The van der Waals surface area contributed by atoms with E-state index in [0.717, 1.165) is 12.8 Å². The van der Waals surface area contributed by atoms with Crippen molar-refractivity contribution in [1.29, 1.82) is 0 Å². The van der Waals surface area contributed by atoms with E-state index < -0.39 is 0 Å². The first-order valence-electron chi connectivity index (χ1n) is 7.26. The van der Waals surface area contributed by atoms with Crippen molar-refractivity contribution in [1.82, 2.24) is 0 Å². The lowest BCUT2D eigenvalue weighted by Crippen LogP contribution is -2.33. The molecule has 0 bridgehead atoms. The molecule has 110 valence electrons. The zero-order chi connectivity index (χ0) is 14.8. The molecule has 1 fully saturated rings. The van der Waals surface area contributed by atoms with E-state index in [1.807, 2.05) is 0 Å². The minimum absolute atomic E-state index is 0.00327. The van der Waals surface area contributed by atoms with Gasteiger partial charge < -0.3 is 4.74 Å². The Morgan fingerprint density at radius 2 is 2.15 bits per heavy atom. The normalized spacial score (nSPS) is 25.4. The van der Waals surface area contributed by atoms with Crippen LogP contribution in [0, 0.1) is 11.3 Å². The van der Waals surface area contributed by atoms with Crippen molar-refractivity contribution in [3.8, 4) is 0 Å². The molecule has 0 radical (unpaired) electrons. The van der Waals surface area contributed by atoms with Crippen LogP contribution in [0.15, 0.2) is 24.3 Å². The highest BCUT2D eigenvalue weighted by Gasteiger charge is 2.32. The molecule has 2 atom stereocenters. The van der Waals surface area contributed by atoms with E-state index in [2.05, 4.69) is 20.8 Å². The Labute approximate surface area is 126 Å². The highest BCUT2D eigenvalue weighted by atomic mass is 35.5. The first-order chi connectivity index (χ1) is 9.35. The van der Waals surface area contributed by atoms with Crippen molar-refractivity contribution in [3.63, 3.8) is 0 Å². The van der Waals surface area contributed by atoms with Crippen molar-refractivity contribution in [2.45, 2.75) is 46.1 Å². The largest absolute Gasteiger partial charge is 0.370 e. The third-order valence-electron chi connectivity index (χ3n) is 3.94. The van der Waals surface area contributed by atoms with E-state index in [4.69, 9.17) is 16.3 Å². The minimum atomic E-state index is 0.00327. The lowest BCUT2D eigenvalue weighted by Gasteiger charge is -2.38. The Balaban J connectivity index is 1.90. The number of hydrogen-bond donors (Lipinski definition) is 0. The molecule has 2 rings (SSSR count). The molecule has 0 N–H and O–H groups in total. The van der Waals surface area contributed by atoms with Gasteiger partial charge in [-0.2, -0.15) is 0 Å². The average Bonchev–Trinajstić information content (AvgIpc) is 2.33. The highest BCUT2D eigenvalue weighted by Crippen LogP contribution is 2.39. The van der Waals surface area contributed by atoms with E-state index in [1.54, 1.807) is 24.3 Å². The smallest absolute Gasteiger partial charge is 0.188 e. The molecule has 1 aliphatic rings. The summed E-state index contributed by atoms with van der Waals surface area (Å²) in [5, 5.41) is 0.586. The van der Waals surface area contributed by atoms with Crippen LogP contribution in [-0.4, -0.2) is 18.5 Å². The molecule has 0 spiro atoms. The van der Waals surface area contributed by atoms with Crippen LogP contribution in [0.3, 0.4) is 0 Å². The summed E-state index contributed by atoms with van der Waals surface area (Å²) in [4.78, 5) is 12.1. The maximum atomic E-state index is 12.1. The molecule has 20 heavy (non-hydrogen) atoms. The second-order valence-electron chi connectivity index (χ2n) is 6.78. The van der Waals surface area contributed by atoms with Crippen LogP contribution in [0.25, 0.3) is 0 Å². The lowest BCUT2D eigenvalue weighted by molar-refractivity contribution is -0.0167. The first-order valence-corrected chi connectivity index (χ1v) is 7.64. The number of ether oxygens (including phenoxy) is 1. The number of benzene rings is 1. The second-order valence-corrected chi connectivity index (χ2v) is 7.22. The van der Waals surface area contributed by atoms with Gasteiger partial charge in [0.1, 0.15) is 6.61 Å². The SMILES string of the molecule is CC1CC(OCC(=O)c2cccc(Cl)c2)CC(C)(C)C1. The Morgan fingerprint density at radius 1 is 1.40 bits per heavy atom. The lowest BCUT2D eigenvalue weighted by atomic mass is 9.71. The molecule has 0 heterocycles. The molecule has 0 saturated heterocycles. The van der Waals surface area contributed by atoms with Gasteiger partial charge in [0.25, 0.3) is 0 Å². The summed E-state index contributed by atoms with van der Waals surface area (Å²) >= 11 is 5.90. The molecule has 1 aromatic rings. The zero-order valence-corrected chi connectivity index (χ0v) is 13.2. The van der Waals surface area contributed by atoms with Crippen molar-refractivity contribution in [3.05, 3.63) is 34.9 Å². The summed E-state index contributed by atoms with van der Waals surface area (Å²) in [6, 6.07) is 7.04. The molecule has 1 aliphatic carbocycles. The summed E-state index contributed by atoms with van der Waals surface area (Å²) in [6.45, 7) is 6.96. The minimum Gasteiger partial charge on any atom is -0.370 e. The van der Waals surface area contributed by atoms with Crippen LogP contribution in [-0.2, 0) is 4.74 Å². The molecule has 1 aromatic carbocycles. The van der Waals surface area contributed by atoms with Crippen molar-refractivity contribution < 1.29 is 9.53 Å². The maximum absolute atomic E-state index is 12.1. The first kappa shape index (κ1) is 15.5. The summed E-state index contributed by atoms with van der Waals surface area (Å²) in [5.74, 6) is 0.661. The topological polar surface area (TPSA) is 26.3 Å². The Bertz CT molecular complexity index is 482. The van der Waals surface area contributed by atoms with Crippen LogP contribution in [0.1, 0.15) is 50.4 Å². The molecule has 0 amide bonds. The molecule has 0 aliphatic heterocycles. The van der Waals surface area contributed by atoms with Crippen molar-refractivity contribution in [2.75, 3.05) is 6.61 Å². The van der Waals surface area contributed by atoms with Gasteiger partial charge in [0.2, 0.25) is 0 Å². The van der Waals surface area contributed by atoms with Gasteiger partial charge in [0.05, 0.1) is 6.10 Å². The van der Waals surface area contributed by atoms with Crippen molar-refractivity contribution in [2.24, 2.45) is 11.3 Å². The third-order valence-corrected chi connectivity index (χ3v) is 4.18. The summed E-state index contributed by atoms with van der Waals surface area (Å²) in [6.07, 6.45) is 3.50. The van der Waals surface area contributed by atoms with Crippen molar-refractivity contribution >= 4 is 17.4 Å². The third kappa shape index (κ3) is 4.32. The number of rotatable bonds is 4. The monoisotopic (exact) mass is 294 g/mol. The Hall–Kier alpha value is -0.860. The highest BCUT2D eigenvalue weighted by molar-refractivity contribution is 6.31. The molecular formula is C17H23ClO2. The molecule has 2 unspecified atom stereocenters. The molecule has 1 saturated carbocycles. The van der Waals surface area contributed by atoms with Crippen LogP contribution < -0.4 is 0 Å². The van der Waals surface area contributed by atoms with E-state index in [-0.39, 0.29) is 18.5 Å². The van der Waals surface area contributed by atoms with Crippen LogP contribution in [0.2, 0.25) is 5.02 Å².